The lowest BCUT2D eigenvalue weighted by atomic mass is 9.97. The molecular formula is C34H35Cl2N5O4. The summed E-state index contributed by atoms with van der Waals surface area (Å²) < 4.78 is 7.05. The molecule has 0 amide bonds. The normalized spacial score (nSPS) is 12.8. The van der Waals surface area contributed by atoms with E-state index in [0.29, 0.717) is 59.0 Å². The van der Waals surface area contributed by atoms with E-state index >= 15 is 0 Å². The van der Waals surface area contributed by atoms with Crippen LogP contribution in [0.4, 0.5) is 0 Å². The van der Waals surface area contributed by atoms with E-state index in [1.807, 2.05) is 60.7 Å². The second-order valence-electron chi connectivity index (χ2n) is 10.9. The highest BCUT2D eigenvalue weighted by Gasteiger charge is 2.18. The van der Waals surface area contributed by atoms with Gasteiger partial charge in [0, 0.05) is 72.0 Å². The number of benzene rings is 2. The predicted octanol–water partition coefficient (Wildman–Crippen LogP) is 5.35. The van der Waals surface area contributed by atoms with E-state index in [-0.39, 0.29) is 5.56 Å². The molecule has 45 heavy (non-hydrogen) atoms. The van der Waals surface area contributed by atoms with Crippen LogP contribution in [-0.4, -0.2) is 57.0 Å². The van der Waals surface area contributed by atoms with Gasteiger partial charge in [0.1, 0.15) is 5.65 Å². The van der Waals surface area contributed by atoms with Gasteiger partial charge in [-0.2, -0.15) is 0 Å². The minimum atomic E-state index is -0.511. The minimum Gasteiger partial charge on any atom is -0.481 e. The Bertz CT molecular complexity index is 1880. The third-order valence-corrected chi connectivity index (χ3v) is 8.11. The Hall–Kier alpha value is -3.83. The van der Waals surface area contributed by atoms with Crippen LogP contribution < -0.4 is 20.9 Å². The van der Waals surface area contributed by atoms with Gasteiger partial charge in [-0.1, -0.05) is 65.7 Å². The lowest BCUT2D eigenvalue weighted by molar-refractivity contribution is 0.190. The Balaban J connectivity index is 1.46. The number of rotatable bonds is 12. The van der Waals surface area contributed by atoms with Crippen LogP contribution in [0.1, 0.15) is 25.0 Å². The Morgan fingerprint density at radius 1 is 0.844 bits per heavy atom. The van der Waals surface area contributed by atoms with Gasteiger partial charge in [0.15, 0.2) is 0 Å². The number of halogens is 2. The van der Waals surface area contributed by atoms with Gasteiger partial charge in [0.2, 0.25) is 5.88 Å². The first kappa shape index (κ1) is 32.6. The molecule has 3 heterocycles. The van der Waals surface area contributed by atoms with Crippen molar-refractivity contribution in [2.45, 2.75) is 39.1 Å². The molecule has 0 bridgehead atoms. The molecule has 4 N–H and O–H groups in total. The smallest absolute Gasteiger partial charge is 0.262 e. The quantitative estimate of drug-likeness (QED) is 0.143. The fraction of sp³-hybridized carbons (Fsp3) is 0.265. The maximum absolute atomic E-state index is 13.0. The molecular weight excluding hydrogens is 613 g/mol. The molecule has 5 aromatic rings. The summed E-state index contributed by atoms with van der Waals surface area (Å²) in [7, 11) is 1.57. The molecule has 9 nitrogen and oxygen atoms in total. The Morgan fingerprint density at radius 3 is 2.09 bits per heavy atom. The third-order valence-electron chi connectivity index (χ3n) is 7.30. The van der Waals surface area contributed by atoms with Crippen molar-refractivity contribution in [3.05, 3.63) is 105 Å². The van der Waals surface area contributed by atoms with Crippen molar-refractivity contribution in [3.63, 3.8) is 0 Å². The number of hydrogen-bond acceptors (Lipinski definition) is 8. The Morgan fingerprint density at radius 2 is 1.44 bits per heavy atom. The summed E-state index contributed by atoms with van der Waals surface area (Å²) in [5, 5.41) is 26.3. The van der Waals surface area contributed by atoms with E-state index < -0.39 is 12.2 Å². The first-order valence-corrected chi connectivity index (χ1v) is 15.3. The number of hydrogen-bond donors (Lipinski definition) is 4. The minimum absolute atomic E-state index is 0.178. The average molecular weight is 649 g/mol. The van der Waals surface area contributed by atoms with E-state index in [1.54, 1.807) is 33.4 Å². The molecule has 0 radical (unpaired) electrons. The summed E-state index contributed by atoms with van der Waals surface area (Å²) in [5.41, 5.74) is 6.11. The van der Waals surface area contributed by atoms with Crippen LogP contribution in [0.15, 0.2) is 77.9 Å². The van der Waals surface area contributed by atoms with Gasteiger partial charge < -0.3 is 25.6 Å². The zero-order valence-corrected chi connectivity index (χ0v) is 26.7. The molecule has 0 spiro atoms. The van der Waals surface area contributed by atoms with E-state index in [9.17, 15) is 15.0 Å². The zero-order valence-electron chi connectivity index (χ0n) is 25.2. The third kappa shape index (κ3) is 7.36. The Kier molecular flexibility index (Phi) is 10.5. The monoisotopic (exact) mass is 647 g/mol. The number of nitrogens with zero attached hydrogens (tertiary/aromatic N) is 3. The van der Waals surface area contributed by atoms with Gasteiger partial charge in [-0.05, 0) is 37.6 Å². The molecule has 0 unspecified atom stereocenters. The summed E-state index contributed by atoms with van der Waals surface area (Å²) >= 11 is 14.1. The van der Waals surface area contributed by atoms with Crippen molar-refractivity contribution < 1.29 is 14.9 Å². The summed E-state index contributed by atoms with van der Waals surface area (Å²) in [6.45, 7) is 5.04. The van der Waals surface area contributed by atoms with Crippen LogP contribution in [0.5, 0.6) is 5.88 Å². The molecule has 0 saturated heterocycles. The Labute approximate surface area is 271 Å². The van der Waals surface area contributed by atoms with E-state index in [2.05, 4.69) is 15.6 Å². The first-order valence-electron chi connectivity index (χ1n) is 14.6. The summed E-state index contributed by atoms with van der Waals surface area (Å²) in [5.74, 6) is 0.472. The summed E-state index contributed by atoms with van der Waals surface area (Å²) in [6, 6.07) is 18.9. The zero-order chi connectivity index (χ0) is 32.1. The van der Waals surface area contributed by atoms with Crippen molar-refractivity contribution in [3.8, 4) is 39.4 Å². The topological polar surface area (TPSA) is 121 Å². The van der Waals surface area contributed by atoms with Gasteiger partial charge in [-0.25, -0.2) is 9.97 Å². The number of ether oxygens (including phenoxy) is 1. The van der Waals surface area contributed by atoms with Crippen LogP contribution in [0.25, 0.3) is 39.2 Å². The number of methoxy groups -OCH3 is 1. The maximum atomic E-state index is 13.0. The van der Waals surface area contributed by atoms with E-state index in [4.69, 9.17) is 32.9 Å². The average Bonchev–Trinajstić information content (AvgIpc) is 3.02. The molecule has 0 saturated carbocycles. The van der Waals surface area contributed by atoms with E-state index in [1.165, 1.54) is 4.40 Å². The molecule has 3 aromatic heterocycles. The summed E-state index contributed by atoms with van der Waals surface area (Å²) in [4.78, 5) is 22.2. The van der Waals surface area contributed by atoms with Gasteiger partial charge in [-0.15, -0.1) is 0 Å². The molecule has 0 fully saturated rings. The van der Waals surface area contributed by atoms with Crippen LogP contribution >= 0.6 is 23.2 Å². The number of aliphatic hydroxyl groups excluding tert-OH is 2. The molecule has 0 aliphatic carbocycles. The van der Waals surface area contributed by atoms with Gasteiger partial charge >= 0.3 is 0 Å². The standard InChI is InChI=1S/C34H35Cl2N5O4/c1-20(42)15-37-17-23-10-11-29(40-33(23)45-3)28-9-5-8-27(32(28)36)26-7-4-6-25(31(26)35)22-12-13-41-30(14-22)39-19-24(34(41)44)18-38-16-21(2)43/h4-14,19-21,37-38,42-43H,15-18H2,1-3H3/t20-,21-/m1/s1. The highest BCUT2D eigenvalue weighted by Crippen LogP contribution is 2.42. The molecule has 2 aromatic carbocycles. The summed E-state index contributed by atoms with van der Waals surface area (Å²) in [6.07, 6.45) is 2.28. The fourth-order valence-corrected chi connectivity index (χ4v) is 5.73. The first-order chi connectivity index (χ1) is 21.7. The number of aromatic nitrogens is 3. The van der Waals surface area contributed by atoms with Gasteiger partial charge in [0.05, 0.1) is 35.1 Å². The fourth-order valence-electron chi connectivity index (χ4n) is 5.06. The van der Waals surface area contributed by atoms with Crippen molar-refractivity contribution in [1.29, 1.82) is 0 Å². The second kappa shape index (κ2) is 14.5. The largest absolute Gasteiger partial charge is 0.481 e. The lowest BCUT2D eigenvalue weighted by Gasteiger charge is -2.15. The van der Waals surface area contributed by atoms with Crippen molar-refractivity contribution in [2.24, 2.45) is 0 Å². The van der Waals surface area contributed by atoms with Crippen LogP contribution in [0.2, 0.25) is 10.0 Å². The molecule has 0 aliphatic rings. The van der Waals surface area contributed by atoms with Crippen molar-refractivity contribution in [2.75, 3.05) is 20.2 Å². The molecule has 2 atom stereocenters. The SMILES string of the molecule is COc1nc(-c2cccc(-c3cccc(-c4ccn5c(=O)c(CNC[C@@H](C)O)cnc5c4)c3Cl)c2Cl)ccc1CNC[C@@H](C)O. The van der Waals surface area contributed by atoms with Crippen molar-refractivity contribution >= 4 is 28.8 Å². The highest BCUT2D eigenvalue weighted by atomic mass is 35.5. The second-order valence-corrected chi connectivity index (χ2v) is 11.6. The van der Waals surface area contributed by atoms with Crippen LogP contribution in [0.3, 0.4) is 0 Å². The number of nitrogens with one attached hydrogen (secondary N) is 2. The van der Waals surface area contributed by atoms with E-state index in [0.717, 1.165) is 33.4 Å². The highest BCUT2D eigenvalue weighted by molar-refractivity contribution is 6.39. The molecule has 5 rings (SSSR count). The number of pyridine rings is 2. The predicted molar refractivity (Wildman–Crippen MR) is 179 cm³/mol. The van der Waals surface area contributed by atoms with Crippen molar-refractivity contribution in [1.82, 2.24) is 25.0 Å². The lowest BCUT2D eigenvalue weighted by Crippen LogP contribution is -2.28. The van der Waals surface area contributed by atoms with Crippen LogP contribution in [0, 0.1) is 0 Å². The maximum Gasteiger partial charge on any atom is 0.262 e. The molecule has 0 aliphatic heterocycles. The molecule has 234 valence electrons. The molecule has 11 heteroatoms. The number of aliphatic hydroxyl groups is 2. The van der Waals surface area contributed by atoms with Crippen LogP contribution in [-0.2, 0) is 13.1 Å². The van der Waals surface area contributed by atoms with Gasteiger partial charge in [-0.3, -0.25) is 9.20 Å². The van der Waals surface area contributed by atoms with Gasteiger partial charge in [0.25, 0.3) is 5.56 Å². The number of fused-ring (bicyclic) bond motifs is 1.